The summed E-state index contributed by atoms with van der Waals surface area (Å²) in [5.74, 6) is -0.360. The topological polar surface area (TPSA) is 57.0 Å². The standard InChI is InChI=1S/C14H27NO4/c1-6-18-12(16)8-10-15(14(3,4)5)11-9-13(17)19-7-2/h6-11H2,1-5H3/p+1. The zero-order valence-electron chi connectivity index (χ0n) is 12.9. The Morgan fingerprint density at radius 1 is 0.895 bits per heavy atom. The second-order valence-corrected chi connectivity index (χ2v) is 5.46. The highest BCUT2D eigenvalue weighted by Crippen LogP contribution is 1.95. The average molecular weight is 274 g/mol. The monoisotopic (exact) mass is 274 g/mol. The van der Waals surface area contributed by atoms with Crippen LogP contribution in [0.2, 0.25) is 0 Å². The molecule has 0 aliphatic carbocycles. The van der Waals surface area contributed by atoms with Crippen molar-refractivity contribution in [3.8, 4) is 0 Å². The van der Waals surface area contributed by atoms with Crippen molar-refractivity contribution in [2.24, 2.45) is 0 Å². The summed E-state index contributed by atoms with van der Waals surface area (Å²) in [6, 6.07) is 0. The molecule has 0 rings (SSSR count). The summed E-state index contributed by atoms with van der Waals surface area (Å²) < 4.78 is 9.85. The van der Waals surface area contributed by atoms with Crippen molar-refractivity contribution in [2.45, 2.75) is 53.0 Å². The molecule has 112 valence electrons. The van der Waals surface area contributed by atoms with E-state index < -0.39 is 0 Å². The molecule has 0 aromatic carbocycles. The van der Waals surface area contributed by atoms with E-state index in [-0.39, 0.29) is 17.5 Å². The molecule has 5 heteroatoms. The van der Waals surface area contributed by atoms with Gasteiger partial charge in [0.15, 0.2) is 0 Å². The summed E-state index contributed by atoms with van der Waals surface area (Å²) in [6.07, 6.45) is 0.756. The maximum absolute atomic E-state index is 11.4. The van der Waals surface area contributed by atoms with Crippen LogP contribution in [0.1, 0.15) is 47.5 Å². The van der Waals surface area contributed by atoms with Crippen molar-refractivity contribution in [1.82, 2.24) is 0 Å². The molecule has 0 amide bonds. The Balaban J connectivity index is 4.25. The Labute approximate surface area is 116 Å². The van der Waals surface area contributed by atoms with Gasteiger partial charge in [-0.1, -0.05) is 0 Å². The summed E-state index contributed by atoms with van der Waals surface area (Å²) in [4.78, 5) is 24.0. The van der Waals surface area contributed by atoms with Gasteiger partial charge in [-0.2, -0.15) is 0 Å². The lowest BCUT2D eigenvalue weighted by molar-refractivity contribution is -0.945. The van der Waals surface area contributed by atoms with Gasteiger partial charge in [0.25, 0.3) is 0 Å². The molecule has 0 radical (unpaired) electrons. The van der Waals surface area contributed by atoms with Crippen molar-refractivity contribution in [2.75, 3.05) is 26.3 Å². The molecule has 0 aromatic rings. The number of hydrogen-bond donors (Lipinski definition) is 1. The Hall–Kier alpha value is -1.10. The van der Waals surface area contributed by atoms with Crippen LogP contribution in [0.4, 0.5) is 0 Å². The lowest BCUT2D eigenvalue weighted by Crippen LogP contribution is -3.19. The Kier molecular flexibility index (Phi) is 8.39. The van der Waals surface area contributed by atoms with E-state index in [9.17, 15) is 9.59 Å². The maximum atomic E-state index is 11.4. The van der Waals surface area contributed by atoms with Gasteiger partial charge in [-0.05, 0) is 34.6 Å². The Bertz CT molecular complexity index is 262. The van der Waals surface area contributed by atoms with Crippen LogP contribution < -0.4 is 4.90 Å². The number of rotatable bonds is 8. The lowest BCUT2D eigenvalue weighted by atomic mass is 10.1. The molecule has 0 saturated carbocycles. The number of carbonyl (C=O) groups excluding carboxylic acids is 2. The van der Waals surface area contributed by atoms with E-state index in [4.69, 9.17) is 9.47 Å². The zero-order valence-corrected chi connectivity index (χ0v) is 12.9. The van der Waals surface area contributed by atoms with Gasteiger partial charge in [-0.25, -0.2) is 0 Å². The first kappa shape index (κ1) is 17.9. The van der Waals surface area contributed by atoms with Crippen molar-refractivity contribution in [3.63, 3.8) is 0 Å². The molecule has 0 aliphatic rings. The molecule has 0 spiro atoms. The molecule has 0 aromatic heterocycles. The first-order chi connectivity index (χ1) is 8.81. The smallest absolute Gasteiger partial charge is 0.311 e. The van der Waals surface area contributed by atoms with Gasteiger partial charge in [0.2, 0.25) is 0 Å². The first-order valence-corrected chi connectivity index (χ1v) is 6.97. The van der Waals surface area contributed by atoms with E-state index in [1.54, 1.807) is 13.8 Å². The summed E-state index contributed by atoms with van der Waals surface area (Å²) in [7, 11) is 0. The fraction of sp³-hybridized carbons (Fsp3) is 0.857. The number of ether oxygens (including phenoxy) is 2. The van der Waals surface area contributed by atoms with Crippen LogP contribution in [-0.4, -0.2) is 43.8 Å². The number of quaternary nitrogens is 1. The van der Waals surface area contributed by atoms with Gasteiger partial charge in [-0.15, -0.1) is 0 Å². The van der Waals surface area contributed by atoms with Gasteiger partial charge in [0, 0.05) is 0 Å². The predicted octanol–water partition coefficient (Wildman–Crippen LogP) is 0.576. The van der Waals surface area contributed by atoms with E-state index in [1.165, 1.54) is 4.90 Å². The van der Waals surface area contributed by atoms with Gasteiger partial charge < -0.3 is 14.4 Å². The van der Waals surface area contributed by atoms with Gasteiger partial charge in [0.1, 0.15) is 0 Å². The maximum Gasteiger partial charge on any atom is 0.311 e. The van der Waals surface area contributed by atoms with Gasteiger partial charge in [0.05, 0.1) is 44.7 Å². The largest absolute Gasteiger partial charge is 0.466 e. The Morgan fingerprint density at radius 2 is 1.26 bits per heavy atom. The van der Waals surface area contributed by atoms with Crippen LogP contribution in [0.25, 0.3) is 0 Å². The van der Waals surface area contributed by atoms with Crippen LogP contribution in [0, 0.1) is 0 Å². The minimum atomic E-state index is -0.180. The molecule has 0 unspecified atom stereocenters. The average Bonchev–Trinajstić information content (AvgIpc) is 2.27. The van der Waals surface area contributed by atoms with Crippen LogP contribution in [0.15, 0.2) is 0 Å². The van der Waals surface area contributed by atoms with Crippen molar-refractivity contribution in [1.29, 1.82) is 0 Å². The van der Waals surface area contributed by atoms with Crippen molar-refractivity contribution < 1.29 is 24.0 Å². The van der Waals surface area contributed by atoms with E-state index in [1.807, 2.05) is 0 Å². The zero-order chi connectivity index (χ0) is 14.9. The molecule has 0 heterocycles. The third-order valence-electron chi connectivity index (χ3n) is 2.93. The molecule has 5 nitrogen and oxygen atoms in total. The second-order valence-electron chi connectivity index (χ2n) is 5.46. The molecule has 0 fully saturated rings. The van der Waals surface area contributed by atoms with Crippen LogP contribution >= 0.6 is 0 Å². The van der Waals surface area contributed by atoms with Crippen LogP contribution in [0.3, 0.4) is 0 Å². The van der Waals surface area contributed by atoms with E-state index in [0.717, 1.165) is 0 Å². The summed E-state index contributed by atoms with van der Waals surface area (Å²) in [5, 5.41) is 0. The Morgan fingerprint density at radius 3 is 1.53 bits per heavy atom. The number of hydrogen-bond acceptors (Lipinski definition) is 4. The van der Waals surface area contributed by atoms with Crippen LogP contribution in [-0.2, 0) is 19.1 Å². The van der Waals surface area contributed by atoms with Gasteiger partial charge in [-0.3, -0.25) is 9.59 Å². The molecular weight excluding hydrogens is 246 g/mol. The normalized spacial score (nSPS) is 11.5. The van der Waals surface area contributed by atoms with E-state index in [2.05, 4.69) is 20.8 Å². The minimum Gasteiger partial charge on any atom is -0.466 e. The number of carbonyl (C=O) groups is 2. The van der Waals surface area contributed by atoms with Crippen molar-refractivity contribution in [3.05, 3.63) is 0 Å². The summed E-state index contributed by atoms with van der Waals surface area (Å²) >= 11 is 0. The second kappa shape index (κ2) is 8.91. The third-order valence-corrected chi connectivity index (χ3v) is 2.93. The van der Waals surface area contributed by atoms with E-state index in [0.29, 0.717) is 39.1 Å². The molecule has 19 heavy (non-hydrogen) atoms. The van der Waals surface area contributed by atoms with E-state index >= 15 is 0 Å². The molecule has 1 N–H and O–H groups in total. The highest BCUT2D eigenvalue weighted by Gasteiger charge is 2.26. The third kappa shape index (κ3) is 8.59. The first-order valence-electron chi connectivity index (χ1n) is 6.97. The summed E-state index contributed by atoms with van der Waals surface area (Å²) in [5.41, 5.74) is -0.0149. The predicted molar refractivity (Wildman–Crippen MR) is 72.9 cm³/mol. The molecule has 0 bridgehead atoms. The highest BCUT2D eigenvalue weighted by atomic mass is 16.5. The van der Waals surface area contributed by atoms with Gasteiger partial charge >= 0.3 is 11.9 Å². The fourth-order valence-electron chi connectivity index (χ4n) is 1.85. The molecule has 0 saturated heterocycles. The minimum absolute atomic E-state index is 0.0149. The number of esters is 2. The fourth-order valence-corrected chi connectivity index (χ4v) is 1.85. The molecule has 0 aliphatic heterocycles. The van der Waals surface area contributed by atoms with Crippen molar-refractivity contribution >= 4 is 11.9 Å². The quantitative estimate of drug-likeness (QED) is 0.658. The SMILES string of the molecule is CCOC(=O)CC[NH+](CCC(=O)OCC)C(C)(C)C. The van der Waals surface area contributed by atoms with Crippen LogP contribution in [0.5, 0.6) is 0 Å². The highest BCUT2D eigenvalue weighted by molar-refractivity contribution is 5.69. The lowest BCUT2D eigenvalue weighted by Gasteiger charge is -2.31. The number of nitrogens with one attached hydrogen (secondary N) is 1. The molecule has 0 atom stereocenters. The molecular formula is C14H28NO4+. The summed E-state index contributed by atoms with van der Waals surface area (Å²) in [6.45, 7) is 12.0.